The van der Waals surface area contributed by atoms with Gasteiger partial charge in [-0.15, -0.1) is 0 Å². The molecule has 0 aliphatic heterocycles. The second-order valence-corrected chi connectivity index (χ2v) is 6.48. The first-order chi connectivity index (χ1) is 11.6. The van der Waals surface area contributed by atoms with E-state index in [9.17, 15) is 9.59 Å². The SMILES string of the molecule is CCCn1c(=O)n(CC(=O)Nc2cccc(Br)c2)c2ccccc21. The maximum Gasteiger partial charge on any atom is 0.329 e. The standard InChI is InChI=1S/C18H18BrN3O2/c1-2-10-21-15-8-3-4-9-16(15)22(18(21)24)12-17(23)20-14-7-5-6-13(19)11-14/h3-9,11H,2,10,12H2,1H3,(H,20,23). The number of aryl methyl sites for hydroxylation is 1. The lowest BCUT2D eigenvalue weighted by Gasteiger charge is -2.06. The number of nitrogens with one attached hydrogen (secondary N) is 1. The molecule has 0 spiro atoms. The zero-order chi connectivity index (χ0) is 17.1. The molecule has 1 N–H and O–H groups in total. The first-order valence-corrected chi connectivity index (χ1v) is 8.63. The smallest absolute Gasteiger partial charge is 0.324 e. The molecule has 5 nitrogen and oxygen atoms in total. The van der Waals surface area contributed by atoms with Gasteiger partial charge in [0.1, 0.15) is 6.54 Å². The molecule has 0 saturated carbocycles. The normalized spacial score (nSPS) is 10.9. The van der Waals surface area contributed by atoms with Crippen LogP contribution in [0.1, 0.15) is 13.3 Å². The molecule has 24 heavy (non-hydrogen) atoms. The Bertz CT molecular complexity index is 943. The molecule has 2 aromatic carbocycles. The second kappa shape index (κ2) is 7.05. The highest BCUT2D eigenvalue weighted by Gasteiger charge is 2.14. The molecule has 1 heterocycles. The lowest BCUT2D eigenvalue weighted by atomic mass is 10.3. The Hall–Kier alpha value is -2.34. The summed E-state index contributed by atoms with van der Waals surface area (Å²) in [5, 5.41) is 2.83. The van der Waals surface area contributed by atoms with E-state index in [0.717, 1.165) is 21.9 Å². The number of hydrogen-bond donors (Lipinski definition) is 1. The van der Waals surface area contributed by atoms with Gasteiger partial charge in [-0.25, -0.2) is 4.79 Å². The Kier molecular flexibility index (Phi) is 4.85. The van der Waals surface area contributed by atoms with Crippen LogP contribution in [0.3, 0.4) is 0 Å². The fourth-order valence-corrected chi connectivity index (χ4v) is 3.17. The number of halogens is 1. The van der Waals surface area contributed by atoms with Crippen molar-refractivity contribution >= 4 is 38.6 Å². The third kappa shape index (κ3) is 3.28. The zero-order valence-corrected chi connectivity index (χ0v) is 14.9. The molecule has 1 amide bonds. The lowest BCUT2D eigenvalue weighted by molar-refractivity contribution is -0.116. The lowest BCUT2D eigenvalue weighted by Crippen LogP contribution is -2.29. The van der Waals surface area contributed by atoms with Gasteiger partial charge in [-0.2, -0.15) is 0 Å². The molecular formula is C18H18BrN3O2. The molecule has 0 aliphatic rings. The summed E-state index contributed by atoms with van der Waals surface area (Å²) in [5.74, 6) is -0.227. The van der Waals surface area contributed by atoms with E-state index in [4.69, 9.17) is 0 Å². The van der Waals surface area contributed by atoms with Crippen LogP contribution in [0.25, 0.3) is 11.0 Å². The highest BCUT2D eigenvalue weighted by Crippen LogP contribution is 2.16. The van der Waals surface area contributed by atoms with E-state index >= 15 is 0 Å². The first kappa shape index (κ1) is 16.5. The monoisotopic (exact) mass is 387 g/mol. The molecule has 0 atom stereocenters. The molecule has 6 heteroatoms. The average Bonchev–Trinajstić information content (AvgIpc) is 2.81. The minimum Gasteiger partial charge on any atom is -0.324 e. The van der Waals surface area contributed by atoms with Gasteiger partial charge in [0.05, 0.1) is 11.0 Å². The number of benzene rings is 2. The van der Waals surface area contributed by atoms with Gasteiger partial charge in [0, 0.05) is 16.7 Å². The molecule has 0 unspecified atom stereocenters. The Balaban J connectivity index is 1.91. The number of carbonyl (C=O) groups excluding carboxylic acids is 1. The highest BCUT2D eigenvalue weighted by molar-refractivity contribution is 9.10. The number of carbonyl (C=O) groups is 1. The number of nitrogens with zero attached hydrogens (tertiary/aromatic N) is 2. The molecule has 0 aliphatic carbocycles. The van der Waals surface area contributed by atoms with E-state index in [1.807, 2.05) is 55.5 Å². The fourth-order valence-electron chi connectivity index (χ4n) is 2.78. The van der Waals surface area contributed by atoms with Crippen molar-refractivity contribution in [1.29, 1.82) is 0 Å². The predicted octanol–water partition coefficient (Wildman–Crippen LogP) is 3.61. The third-order valence-electron chi connectivity index (χ3n) is 3.78. The zero-order valence-electron chi connectivity index (χ0n) is 13.3. The minimum absolute atomic E-state index is 0.0113. The number of amides is 1. The quantitative estimate of drug-likeness (QED) is 0.726. The second-order valence-electron chi connectivity index (χ2n) is 5.57. The molecule has 0 saturated heterocycles. The van der Waals surface area contributed by atoms with Crippen LogP contribution in [0.4, 0.5) is 5.69 Å². The summed E-state index contributed by atoms with van der Waals surface area (Å²) in [5.41, 5.74) is 2.18. The van der Waals surface area contributed by atoms with Gasteiger partial charge in [0.15, 0.2) is 0 Å². The molecule has 3 rings (SSSR count). The van der Waals surface area contributed by atoms with E-state index < -0.39 is 0 Å². The summed E-state index contributed by atoms with van der Waals surface area (Å²) in [6, 6.07) is 14.9. The van der Waals surface area contributed by atoms with Gasteiger partial charge >= 0.3 is 5.69 Å². The van der Waals surface area contributed by atoms with E-state index in [-0.39, 0.29) is 18.1 Å². The van der Waals surface area contributed by atoms with Crippen molar-refractivity contribution in [3.05, 3.63) is 63.5 Å². The molecule has 0 fully saturated rings. The van der Waals surface area contributed by atoms with E-state index in [1.165, 1.54) is 4.57 Å². The molecule has 1 aromatic heterocycles. The van der Waals surface area contributed by atoms with Crippen molar-refractivity contribution in [2.45, 2.75) is 26.4 Å². The van der Waals surface area contributed by atoms with Crippen LogP contribution >= 0.6 is 15.9 Å². The van der Waals surface area contributed by atoms with Gasteiger partial charge in [-0.05, 0) is 36.8 Å². The Labute approximate surface area is 148 Å². The molecule has 0 bridgehead atoms. The van der Waals surface area contributed by atoms with E-state index in [0.29, 0.717) is 12.2 Å². The molecule has 0 radical (unpaired) electrons. The summed E-state index contributed by atoms with van der Waals surface area (Å²) >= 11 is 3.37. The number of hydrogen-bond acceptors (Lipinski definition) is 2. The van der Waals surface area contributed by atoms with Crippen molar-refractivity contribution in [3.8, 4) is 0 Å². The maximum atomic E-state index is 12.7. The third-order valence-corrected chi connectivity index (χ3v) is 4.28. The van der Waals surface area contributed by atoms with E-state index in [2.05, 4.69) is 21.2 Å². The number of anilines is 1. The average molecular weight is 388 g/mol. The van der Waals surface area contributed by atoms with Crippen molar-refractivity contribution in [3.63, 3.8) is 0 Å². The number of imidazole rings is 1. The van der Waals surface area contributed by atoms with Crippen LogP contribution < -0.4 is 11.0 Å². The van der Waals surface area contributed by atoms with Crippen LogP contribution in [0.2, 0.25) is 0 Å². The summed E-state index contributed by atoms with van der Waals surface area (Å²) in [6.07, 6.45) is 0.859. The number of fused-ring (bicyclic) bond motifs is 1. The van der Waals surface area contributed by atoms with Crippen LogP contribution in [0.5, 0.6) is 0 Å². The largest absolute Gasteiger partial charge is 0.329 e. The van der Waals surface area contributed by atoms with Crippen LogP contribution in [-0.2, 0) is 17.9 Å². The number of aromatic nitrogens is 2. The van der Waals surface area contributed by atoms with Gasteiger partial charge in [-0.3, -0.25) is 13.9 Å². The fraction of sp³-hybridized carbons (Fsp3) is 0.222. The maximum absolute atomic E-state index is 12.7. The van der Waals surface area contributed by atoms with E-state index in [1.54, 1.807) is 4.57 Å². The van der Waals surface area contributed by atoms with Crippen LogP contribution in [0.15, 0.2) is 57.8 Å². The van der Waals surface area contributed by atoms with Crippen LogP contribution in [0, 0.1) is 0 Å². The van der Waals surface area contributed by atoms with Crippen molar-refractivity contribution in [1.82, 2.24) is 9.13 Å². The van der Waals surface area contributed by atoms with Gasteiger partial charge < -0.3 is 5.32 Å². The van der Waals surface area contributed by atoms with Crippen LogP contribution in [-0.4, -0.2) is 15.0 Å². The molecule has 3 aromatic rings. The molecular weight excluding hydrogens is 370 g/mol. The van der Waals surface area contributed by atoms with Crippen molar-refractivity contribution in [2.24, 2.45) is 0 Å². The summed E-state index contributed by atoms with van der Waals surface area (Å²) in [7, 11) is 0. The number of para-hydroxylation sites is 2. The number of rotatable bonds is 5. The predicted molar refractivity (Wildman–Crippen MR) is 99.3 cm³/mol. The van der Waals surface area contributed by atoms with Crippen molar-refractivity contribution < 1.29 is 4.79 Å². The topological polar surface area (TPSA) is 56.0 Å². The van der Waals surface area contributed by atoms with Crippen molar-refractivity contribution in [2.75, 3.05) is 5.32 Å². The molecule has 124 valence electrons. The summed E-state index contributed by atoms with van der Waals surface area (Å²) in [4.78, 5) is 25.0. The highest BCUT2D eigenvalue weighted by atomic mass is 79.9. The minimum atomic E-state index is -0.227. The van der Waals surface area contributed by atoms with Gasteiger partial charge in [-0.1, -0.05) is 41.1 Å². The first-order valence-electron chi connectivity index (χ1n) is 7.83. The Morgan fingerprint density at radius 3 is 2.46 bits per heavy atom. The van der Waals surface area contributed by atoms with Gasteiger partial charge in [0.2, 0.25) is 5.91 Å². The Morgan fingerprint density at radius 1 is 1.08 bits per heavy atom. The Morgan fingerprint density at radius 2 is 1.79 bits per heavy atom. The van der Waals surface area contributed by atoms with Gasteiger partial charge in [0.25, 0.3) is 0 Å². The summed E-state index contributed by atoms with van der Waals surface area (Å²) < 4.78 is 4.14. The summed E-state index contributed by atoms with van der Waals surface area (Å²) in [6.45, 7) is 2.65.